The van der Waals surface area contributed by atoms with Crippen molar-refractivity contribution in [1.82, 2.24) is 30.5 Å². The van der Waals surface area contributed by atoms with E-state index in [9.17, 15) is 24.3 Å². The molecule has 2 aliphatic carbocycles. The van der Waals surface area contributed by atoms with Crippen molar-refractivity contribution >= 4 is 51.2 Å². The van der Waals surface area contributed by atoms with Crippen LogP contribution in [0, 0.1) is 5.92 Å². The molecule has 2 saturated carbocycles. The standard InChI is InChI=1S/C38H47N7O7S/c1-22(2)39-30-16-10-15-27(40-30)32-41-26-17-18-53-31(26)34(43-32)51-25-19-29-33(46)44-38(36(48)49)20-23(38)11-6-4-3-5-7-14-28(35(47)45(29)21-25)42-37(50)52-24-12-8-9-13-24/h6,10-11,15-18,22-25,28-29H,3-5,7-9,12-14,19-21H2,1-2H3,(H,39,40)(H,42,50)(H,44,46)(H,48,49)/b11-6+/t23-,25-,28+,29+,38-/m1/s1. The van der Waals surface area contributed by atoms with E-state index in [2.05, 4.69) is 16.0 Å². The average Bonchev–Trinajstić information content (AvgIpc) is 3.57. The van der Waals surface area contributed by atoms with Gasteiger partial charge in [0.1, 0.15) is 46.0 Å². The summed E-state index contributed by atoms with van der Waals surface area (Å²) >= 11 is 1.41. The first kappa shape index (κ1) is 36.6. The van der Waals surface area contributed by atoms with Gasteiger partial charge in [-0.15, -0.1) is 11.3 Å². The Morgan fingerprint density at radius 3 is 2.64 bits per heavy atom. The zero-order valence-electron chi connectivity index (χ0n) is 30.1. The van der Waals surface area contributed by atoms with E-state index in [1.807, 2.05) is 55.6 Å². The first-order valence-electron chi connectivity index (χ1n) is 18.7. The van der Waals surface area contributed by atoms with E-state index in [0.717, 1.165) is 44.9 Å². The minimum Gasteiger partial charge on any atom is -0.479 e. The number of carbonyl (C=O) groups is 4. The largest absolute Gasteiger partial charge is 0.479 e. The molecule has 53 heavy (non-hydrogen) atoms. The summed E-state index contributed by atoms with van der Waals surface area (Å²) in [6, 6.07) is 5.63. The fraction of sp³-hybridized carbons (Fsp3) is 0.553. The van der Waals surface area contributed by atoms with Gasteiger partial charge in [0, 0.05) is 18.4 Å². The zero-order valence-corrected chi connectivity index (χ0v) is 30.9. The lowest BCUT2D eigenvalue weighted by Crippen LogP contribution is -2.56. The summed E-state index contributed by atoms with van der Waals surface area (Å²) in [4.78, 5) is 69.8. The Bertz CT molecular complexity index is 1880. The highest BCUT2D eigenvalue weighted by Crippen LogP contribution is 2.45. The van der Waals surface area contributed by atoms with Gasteiger partial charge in [-0.3, -0.25) is 9.59 Å². The van der Waals surface area contributed by atoms with Gasteiger partial charge < -0.3 is 35.4 Å². The molecule has 14 nitrogen and oxygen atoms in total. The van der Waals surface area contributed by atoms with Crippen LogP contribution in [-0.4, -0.2) is 91.3 Å². The van der Waals surface area contributed by atoms with Crippen LogP contribution in [-0.2, 0) is 19.1 Å². The fourth-order valence-corrected chi connectivity index (χ4v) is 8.37. The molecule has 2 aliphatic heterocycles. The monoisotopic (exact) mass is 745 g/mol. The van der Waals surface area contributed by atoms with E-state index < -0.39 is 47.6 Å². The molecule has 1 saturated heterocycles. The maximum Gasteiger partial charge on any atom is 0.408 e. The fourth-order valence-electron chi connectivity index (χ4n) is 7.61. The van der Waals surface area contributed by atoms with Crippen LogP contribution >= 0.6 is 11.3 Å². The van der Waals surface area contributed by atoms with Gasteiger partial charge in [0.15, 0.2) is 5.82 Å². The highest BCUT2D eigenvalue weighted by molar-refractivity contribution is 7.17. The number of carbonyl (C=O) groups excluding carboxylic acids is 3. The summed E-state index contributed by atoms with van der Waals surface area (Å²) < 4.78 is 12.9. The molecular formula is C38H47N7O7S. The molecule has 5 heterocycles. The molecule has 282 valence electrons. The van der Waals surface area contributed by atoms with Gasteiger partial charge in [0.05, 0.1) is 12.1 Å². The van der Waals surface area contributed by atoms with E-state index in [1.54, 1.807) is 0 Å². The van der Waals surface area contributed by atoms with Crippen LogP contribution < -0.4 is 20.7 Å². The third-order valence-corrected chi connectivity index (χ3v) is 11.3. The van der Waals surface area contributed by atoms with Crippen molar-refractivity contribution in [2.45, 2.75) is 120 Å². The van der Waals surface area contributed by atoms with E-state index >= 15 is 0 Å². The molecule has 3 aromatic rings. The van der Waals surface area contributed by atoms with Crippen molar-refractivity contribution in [1.29, 1.82) is 0 Å². The topological polar surface area (TPSA) is 185 Å². The number of nitrogens with one attached hydrogen (secondary N) is 3. The number of amides is 3. The van der Waals surface area contributed by atoms with Gasteiger partial charge >= 0.3 is 12.1 Å². The molecular weight excluding hydrogens is 699 g/mol. The van der Waals surface area contributed by atoms with E-state index in [0.29, 0.717) is 46.3 Å². The lowest BCUT2D eigenvalue weighted by molar-refractivity contribution is -0.145. The van der Waals surface area contributed by atoms with Crippen LogP contribution in [0.15, 0.2) is 41.8 Å². The second-order valence-electron chi connectivity index (χ2n) is 14.8. The normalized spacial score (nSPS) is 27.3. The molecule has 5 atom stereocenters. The van der Waals surface area contributed by atoms with E-state index in [4.69, 9.17) is 24.4 Å². The van der Waals surface area contributed by atoms with Crippen molar-refractivity contribution in [2.24, 2.45) is 5.92 Å². The average molecular weight is 746 g/mol. The van der Waals surface area contributed by atoms with Crippen molar-refractivity contribution in [3.8, 4) is 17.4 Å². The number of nitrogens with zero attached hydrogens (tertiary/aromatic N) is 4. The van der Waals surface area contributed by atoms with Crippen molar-refractivity contribution in [3.63, 3.8) is 0 Å². The van der Waals surface area contributed by atoms with Gasteiger partial charge in [-0.1, -0.05) is 31.1 Å². The number of hydrogen-bond acceptors (Lipinski definition) is 11. The summed E-state index contributed by atoms with van der Waals surface area (Å²) in [5.41, 5.74) is -0.226. The number of aromatic nitrogens is 3. The molecule has 15 heteroatoms. The van der Waals surface area contributed by atoms with Crippen LogP contribution in [0.1, 0.15) is 84.5 Å². The minimum atomic E-state index is -1.44. The minimum absolute atomic E-state index is 0.0222. The van der Waals surface area contributed by atoms with Crippen LogP contribution in [0.3, 0.4) is 0 Å². The molecule has 4 N–H and O–H groups in total. The number of anilines is 1. The molecule has 0 bridgehead atoms. The molecule has 0 aromatic carbocycles. The lowest BCUT2D eigenvalue weighted by Gasteiger charge is -2.29. The van der Waals surface area contributed by atoms with Gasteiger partial charge in [-0.2, -0.15) is 4.98 Å². The predicted molar refractivity (Wildman–Crippen MR) is 198 cm³/mol. The number of allylic oxidation sites excluding steroid dienone is 1. The number of thiophene rings is 1. The van der Waals surface area contributed by atoms with E-state index in [-0.39, 0.29) is 37.5 Å². The molecule has 0 unspecified atom stereocenters. The number of aliphatic carboxylic acids is 1. The molecule has 0 spiro atoms. The first-order chi connectivity index (χ1) is 25.6. The second kappa shape index (κ2) is 15.7. The second-order valence-corrected chi connectivity index (χ2v) is 15.7. The number of rotatable bonds is 8. The molecule has 7 rings (SSSR count). The lowest BCUT2D eigenvalue weighted by atomic mass is 10.0. The summed E-state index contributed by atoms with van der Waals surface area (Å²) in [5.74, 6) is -1.13. The Kier molecular flexibility index (Phi) is 10.8. The summed E-state index contributed by atoms with van der Waals surface area (Å²) in [6.45, 7) is 4.07. The maximum absolute atomic E-state index is 14.5. The molecule has 3 aromatic heterocycles. The Balaban J connectivity index is 1.18. The predicted octanol–water partition coefficient (Wildman–Crippen LogP) is 5.44. The van der Waals surface area contributed by atoms with Crippen molar-refractivity contribution < 1.29 is 33.8 Å². The summed E-state index contributed by atoms with van der Waals surface area (Å²) in [5, 5.41) is 21.0. The Morgan fingerprint density at radius 2 is 1.85 bits per heavy atom. The quantitative estimate of drug-likeness (QED) is 0.215. The smallest absolute Gasteiger partial charge is 0.408 e. The van der Waals surface area contributed by atoms with Gasteiger partial charge in [-0.25, -0.2) is 19.6 Å². The Morgan fingerprint density at radius 1 is 1.04 bits per heavy atom. The first-order valence-corrected chi connectivity index (χ1v) is 19.6. The Hall–Kier alpha value is -4.79. The van der Waals surface area contributed by atoms with Crippen LogP contribution in [0.4, 0.5) is 10.6 Å². The van der Waals surface area contributed by atoms with Gasteiger partial charge in [-0.05, 0) is 88.8 Å². The van der Waals surface area contributed by atoms with Crippen molar-refractivity contribution in [3.05, 3.63) is 41.8 Å². The van der Waals surface area contributed by atoms with Crippen LogP contribution in [0.25, 0.3) is 21.7 Å². The molecule has 3 fully saturated rings. The molecule has 4 aliphatic rings. The van der Waals surface area contributed by atoms with Crippen LogP contribution in [0.2, 0.25) is 0 Å². The number of carboxylic acid groups (broad SMARTS) is 1. The van der Waals surface area contributed by atoms with Gasteiger partial charge in [0.2, 0.25) is 17.7 Å². The number of carboxylic acids is 1. The number of alkyl carbamates (subject to hydrolysis) is 1. The highest BCUT2D eigenvalue weighted by atomic mass is 32.1. The third-order valence-electron chi connectivity index (χ3n) is 10.5. The van der Waals surface area contributed by atoms with Crippen molar-refractivity contribution in [2.75, 3.05) is 11.9 Å². The number of fused-ring (bicyclic) bond motifs is 3. The summed E-state index contributed by atoms with van der Waals surface area (Å²) in [7, 11) is 0. The Labute approximate surface area is 312 Å². The molecule has 0 radical (unpaired) electrons. The van der Waals surface area contributed by atoms with Gasteiger partial charge in [0.25, 0.3) is 0 Å². The number of hydrogen-bond donors (Lipinski definition) is 4. The van der Waals surface area contributed by atoms with E-state index in [1.165, 1.54) is 16.2 Å². The van der Waals surface area contributed by atoms with Crippen LogP contribution in [0.5, 0.6) is 5.88 Å². The third kappa shape index (κ3) is 8.24. The SMILES string of the molecule is CC(C)Nc1cccc(-c2nc(O[C@@H]3C[C@H]4C(=O)N[C@]5(C(=O)O)C[C@H]5/C=C/CCCCC[C@H](NC(=O)OC5CCCC5)C(=O)N4C3)c3sccc3n2)n1. The zero-order chi connectivity index (χ0) is 37.1. The highest BCUT2D eigenvalue weighted by Gasteiger charge is 2.61. The summed E-state index contributed by atoms with van der Waals surface area (Å²) in [6.07, 6.45) is 9.70. The molecule has 3 amide bonds. The number of pyridine rings is 1. The number of ether oxygens (including phenoxy) is 2. The maximum atomic E-state index is 14.5.